The van der Waals surface area contributed by atoms with Crippen molar-refractivity contribution in [1.29, 1.82) is 0 Å². The monoisotopic (exact) mass is 420 g/mol. The predicted octanol–water partition coefficient (Wildman–Crippen LogP) is 3.40. The summed E-state index contributed by atoms with van der Waals surface area (Å²) >= 11 is 0. The average molecular weight is 421 g/mol. The largest absolute Gasteiger partial charge is 0.493 e. The highest BCUT2D eigenvalue weighted by molar-refractivity contribution is 5.85. The lowest BCUT2D eigenvalue weighted by molar-refractivity contribution is 0.143. The van der Waals surface area contributed by atoms with Crippen molar-refractivity contribution in [2.75, 3.05) is 20.2 Å². The van der Waals surface area contributed by atoms with Crippen molar-refractivity contribution >= 4 is 16.7 Å². The fourth-order valence-electron chi connectivity index (χ4n) is 4.81. The molecule has 0 bridgehead atoms. The number of hydrogen-bond donors (Lipinski definition) is 1. The molecule has 1 saturated heterocycles. The predicted molar refractivity (Wildman–Crippen MR) is 121 cm³/mol. The molecule has 3 aromatic heterocycles. The van der Waals surface area contributed by atoms with E-state index in [9.17, 15) is 4.79 Å². The number of fused-ring (bicyclic) bond motifs is 2. The van der Waals surface area contributed by atoms with Crippen molar-refractivity contribution in [3.63, 3.8) is 0 Å². The van der Waals surface area contributed by atoms with Gasteiger partial charge in [0, 0.05) is 24.3 Å². The molecule has 4 aromatic rings. The molecule has 4 heterocycles. The average Bonchev–Trinajstić information content (AvgIpc) is 3.35. The van der Waals surface area contributed by atoms with Crippen LogP contribution in [0.3, 0.4) is 0 Å². The lowest BCUT2D eigenvalue weighted by atomic mass is 10.00. The van der Waals surface area contributed by atoms with Crippen molar-refractivity contribution in [2.45, 2.75) is 45.7 Å². The third-order valence-corrected chi connectivity index (χ3v) is 6.46. The fraction of sp³-hybridized carbons (Fsp3) is 0.435. The number of ether oxygens (including phenoxy) is 1. The standard InChI is InChI=1S/C23H28N6O2/c1-14(2)27-7-5-6-17(12-27)29-20-8-15(3)18(10-19(20)26-23(29)30)16-9-21(31-4)22-24-13-25-28(22)11-16/h8-11,13-14,17H,5-7,12H2,1-4H3,(H,26,30)/t17-/m1/s1. The Hall–Kier alpha value is -3.13. The van der Waals surface area contributed by atoms with Crippen LogP contribution in [0.5, 0.6) is 5.75 Å². The van der Waals surface area contributed by atoms with Crippen molar-refractivity contribution in [1.82, 2.24) is 29.0 Å². The number of methoxy groups -OCH3 is 1. The van der Waals surface area contributed by atoms with Crippen LogP contribution in [0.4, 0.5) is 0 Å². The molecule has 31 heavy (non-hydrogen) atoms. The summed E-state index contributed by atoms with van der Waals surface area (Å²) in [7, 11) is 1.63. The first-order valence-electron chi connectivity index (χ1n) is 10.8. The number of aryl methyl sites for hydroxylation is 1. The Labute approximate surface area is 180 Å². The summed E-state index contributed by atoms with van der Waals surface area (Å²) < 4.78 is 9.19. The Morgan fingerprint density at radius 1 is 1.26 bits per heavy atom. The quantitative estimate of drug-likeness (QED) is 0.547. The molecule has 1 aliphatic rings. The lowest BCUT2D eigenvalue weighted by Gasteiger charge is -2.35. The second-order valence-corrected chi connectivity index (χ2v) is 8.69. The molecule has 0 unspecified atom stereocenters. The molecule has 0 saturated carbocycles. The van der Waals surface area contributed by atoms with E-state index in [1.54, 1.807) is 11.6 Å². The number of aromatic nitrogens is 5. The molecular weight excluding hydrogens is 392 g/mol. The van der Waals surface area contributed by atoms with Gasteiger partial charge < -0.3 is 9.72 Å². The van der Waals surface area contributed by atoms with Gasteiger partial charge >= 0.3 is 5.69 Å². The summed E-state index contributed by atoms with van der Waals surface area (Å²) in [4.78, 5) is 22.8. The van der Waals surface area contributed by atoms with Crippen LogP contribution in [0, 0.1) is 6.92 Å². The number of hydrogen-bond acceptors (Lipinski definition) is 5. The zero-order chi connectivity index (χ0) is 21.7. The van der Waals surface area contributed by atoms with Crippen LogP contribution in [0.15, 0.2) is 35.5 Å². The van der Waals surface area contributed by atoms with Crippen LogP contribution in [0.1, 0.15) is 38.3 Å². The van der Waals surface area contributed by atoms with Gasteiger partial charge in [-0.1, -0.05) is 0 Å². The third-order valence-electron chi connectivity index (χ3n) is 6.46. The van der Waals surface area contributed by atoms with E-state index < -0.39 is 0 Å². The summed E-state index contributed by atoms with van der Waals surface area (Å²) in [6.07, 6.45) is 5.59. The number of H-pyrrole nitrogens is 1. The Bertz CT molecular complexity index is 1320. The van der Waals surface area contributed by atoms with Gasteiger partial charge in [-0.15, -0.1) is 0 Å². The van der Waals surface area contributed by atoms with Gasteiger partial charge in [0.15, 0.2) is 11.4 Å². The minimum Gasteiger partial charge on any atom is -0.493 e. The Morgan fingerprint density at radius 2 is 2.10 bits per heavy atom. The Morgan fingerprint density at radius 3 is 2.87 bits per heavy atom. The summed E-state index contributed by atoms with van der Waals surface area (Å²) in [5, 5.41) is 4.27. The molecule has 8 nitrogen and oxygen atoms in total. The Balaban J connectivity index is 1.61. The minimum atomic E-state index is -0.0357. The number of imidazole rings is 1. The number of nitrogens with one attached hydrogen (secondary N) is 1. The first kappa shape index (κ1) is 19.8. The molecule has 8 heteroatoms. The lowest BCUT2D eigenvalue weighted by Crippen LogP contribution is -2.42. The molecule has 0 spiro atoms. The van der Waals surface area contributed by atoms with Gasteiger partial charge in [-0.25, -0.2) is 14.3 Å². The normalized spacial score (nSPS) is 17.8. The maximum Gasteiger partial charge on any atom is 0.326 e. The fourth-order valence-corrected chi connectivity index (χ4v) is 4.81. The number of piperidine rings is 1. The van der Waals surface area contributed by atoms with Gasteiger partial charge in [0.25, 0.3) is 0 Å². The second kappa shape index (κ2) is 7.53. The molecule has 0 aliphatic carbocycles. The van der Waals surface area contributed by atoms with E-state index in [0.717, 1.165) is 53.7 Å². The van der Waals surface area contributed by atoms with Crippen LogP contribution in [-0.4, -0.2) is 55.3 Å². The van der Waals surface area contributed by atoms with E-state index >= 15 is 0 Å². The summed E-state index contributed by atoms with van der Waals surface area (Å²) in [6.45, 7) is 8.52. The summed E-state index contributed by atoms with van der Waals surface area (Å²) in [6, 6.07) is 6.82. The molecule has 5 rings (SSSR count). The number of likely N-dealkylation sites (tertiary alicyclic amines) is 1. The highest BCUT2D eigenvalue weighted by atomic mass is 16.5. The number of rotatable bonds is 4. The molecule has 0 amide bonds. The van der Waals surface area contributed by atoms with Crippen molar-refractivity contribution < 1.29 is 4.74 Å². The molecule has 162 valence electrons. The summed E-state index contributed by atoms with van der Waals surface area (Å²) in [5.74, 6) is 0.663. The van der Waals surface area contributed by atoms with E-state index in [2.05, 4.69) is 52.9 Å². The molecule has 1 fully saturated rings. The molecular formula is C23H28N6O2. The third kappa shape index (κ3) is 3.31. The maximum atomic E-state index is 13.0. The van der Waals surface area contributed by atoms with E-state index in [0.29, 0.717) is 17.4 Å². The second-order valence-electron chi connectivity index (χ2n) is 8.69. The first-order chi connectivity index (χ1) is 15.0. The van der Waals surface area contributed by atoms with E-state index in [1.165, 1.54) is 6.33 Å². The van der Waals surface area contributed by atoms with Gasteiger partial charge in [-0.3, -0.25) is 9.47 Å². The molecule has 1 atom stereocenters. The molecule has 1 N–H and O–H groups in total. The van der Waals surface area contributed by atoms with Crippen LogP contribution in [0.2, 0.25) is 0 Å². The highest BCUT2D eigenvalue weighted by Crippen LogP contribution is 2.32. The van der Waals surface area contributed by atoms with Gasteiger partial charge in [0.05, 0.1) is 24.2 Å². The smallest absolute Gasteiger partial charge is 0.326 e. The van der Waals surface area contributed by atoms with Gasteiger partial charge in [-0.05, 0) is 69.5 Å². The van der Waals surface area contributed by atoms with Crippen molar-refractivity contribution in [3.05, 3.63) is 46.8 Å². The number of benzene rings is 1. The van der Waals surface area contributed by atoms with Crippen molar-refractivity contribution in [3.8, 4) is 16.9 Å². The van der Waals surface area contributed by atoms with Crippen LogP contribution in [-0.2, 0) is 0 Å². The first-order valence-corrected chi connectivity index (χ1v) is 10.8. The molecule has 1 aliphatic heterocycles. The van der Waals surface area contributed by atoms with E-state index in [1.807, 2.05) is 16.8 Å². The van der Waals surface area contributed by atoms with Crippen LogP contribution < -0.4 is 10.4 Å². The number of nitrogens with zero attached hydrogens (tertiary/aromatic N) is 5. The van der Waals surface area contributed by atoms with Crippen LogP contribution in [0.25, 0.3) is 27.8 Å². The number of pyridine rings is 1. The Kier molecular flexibility index (Phi) is 4.81. The number of aromatic amines is 1. The minimum absolute atomic E-state index is 0.0357. The zero-order valence-corrected chi connectivity index (χ0v) is 18.4. The summed E-state index contributed by atoms with van der Waals surface area (Å²) in [5.41, 5.74) is 5.55. The van der Waals surface area contributed by atoms with Gasteiger partial charge in [0.1, 0.15) is 6.33 Å². The maximum absolute atomic E-state index is 13.0. The zero-order valence-electron chi connectivity index (χ0n) is 18.4. The molecule has 1 aromatic carbocycles. The topological polar surface area (TPSA) is 80.5 Å². The van der Waals surface area contributed by atoms with E-state index in [-0.39, 0.29) is 11.7 Å². The van der Waals surface area contributed by atoms with Gasteiger partial charge in [-0.2, -0.15) is 5.10 Å². The van der Waals surface area contributed by atoms with Crippen molar-refractivity contribution in [2.24, 2.45) is 0 Å². The molecule has 0 radical (unpaired) electrons. The SMILES string of the molecule is COc1cc(-c2cc3[nH]c(=O)n([C@@H]4CCCN(C(C)C)C4)c3cc2C)cn2ncnc12. The van der Waals surface area contributed by atoms with Gasteiger partial charge in [0.2, 0.25) is 0 Å². The van der Waals surface area contributed by atoms with E-state index in [4.69, 9.17) is 4.74 Å². The van der Waals surface area contributed by atoms with Crippen LogP contribution >= 0.6 is 0 Å². The highest BCUT2D eigenvalue weighted by Gasteiger charge is 2.26.